The smallest absolute Gasteiger partial charge is 0.269 e. The van der Waals surface area contributed by atoms with Crippen molar-refractivity contribution in [2.75, 3.05) is 7.11 Å². The molecule has 3 aromatic carbocycles. The van der Waals surface area contributed by atoms with E-state index in [1.807, 2.05) is 42.5 Å². The van der Waals surface area contributed by atoms with Crippen molar-refractivity contribution in [1.82, 2.24) is 0 Å². The summed E-state index contributed by atoms with van der Waals surface area (Å²) in [5.41, 5.74) is 0.811. The highest BCUT2D eigenvalue weighted by molar-refractivity contribution is 7.78. The summed E-state index contributed by atoms with van der Waals surface area (Å²) in [6.45, 7) is 0. The molecule has 3 rings (SSSR count). The molecule has 0 heterocycles. The molecule has 132 valence electrons. The lowest BCUT2D eigenvalue weighted by molar-refractivity contribution is -0.384. The van der Waals surface area contributed by atoms with E-state index in [0.29, 0.717) is 11.9 Å². The molecule has 0 N–H and O–H groups in total. The Kier molecular flexibility index (Phi) is 5.19. The molecule has 6 heteroatoms. The Morgan fingerprint density at radius 1 is 0.885 bits per heavy atom. The summed E-state index contributed by atoms with van der Waals surface area (Å²) in [6.07, 6.45) is 0.293. The Morgan fingerprint density at radius 2 is 1.46 bits per heavy atom. The van der Waals surface area contributed by atoms with E-state index in [4.69, 9.17) is 4.74 Å². The van der Waals surface area contributed by atoms with Gasteiger partial charge in [0.05, 0.1) is 12.0 Å². The molecule has 0 aliphatic carbocycles. The number of ether oxygens (including phenoxy) is 1. The fourth-order valence-electron chi connectivity index (χ4n) is 2.80. The van der Waals surface area contributed by atoms with Gasteiger partial charge in [0.25, 0.3) is 5.69 Å². The summed E-state index contributed by atoms with van der Waals surface area (Å²) in [7, 11) is -1.35. The number of hydrogen-bond donors (Lipinski definition) is 0. The van der Waals surface area contributed by atoms with Crippen molar-refractivity contribution < 1.29 is 14.2 Å². The molecule has 0 fully saturated rings. The van der Waals surface area contributed by atoms with Crippen LogP contribution in [-0.2, 0) is 10.7 Å². The van der Waals surface area contributed by atoms with Crippen LogP contribution in [0.2, 0.25) is 0 Å². The first-order chi connectivity index (χ1) is 12.5. The van der Waals surface area contributed by atoms with Gasteiger partial charge in [0.15, 0.2) is 0 Å². The molecule has 0 aliphatic heterocycles. The summed E-state index contributed by atoms with van der Waals surface area (Å²) in [5, 5.41) is 12.3. The van der Waals surface area contributed by atoms with Crippen molar-refractivity contribution in [3.63, 3.8) is 0 Å². The van der Waals surface area contributed by atoms with Gasteiger partial charge in [-0.3, -0.25) is 10.1 Å². The zero-order valence-corrected chi connectivity index (χ0v) is 15.1. The maximum atomic E-state index is 14.0. The Morgan fingerprint density at radius 3 is 2.00 bits per heavy atom. The average molecular weight is 367 g/mol. The first kappa shape index (κ1) is 17.9. The molecular weight excluding hydrogens is 349 g/mol. The van der Waals surface area contributed by atoms with Crippen LogP contribution in [0, 0.1) is 10.1 Å². The second-order valence-corrected chi connectivity index (χ2v) is 8.68. The summed E-state index contributed by atoms with van der Waals surface area (Å²) < 4.78 is 19.2. The number of rotatable bonds is 6. The predicted molar refractivity (Wildman–Crippen MR) is 103 cm³/mol. The molecule has 5 nitrogen and oxygen atoms in total. The summed E-state index contributed by atoms with van der Waals surface area (Å²) in [4.78, 5) is 10.4. The van der Waals surface area contributed by atoms with Crippen LogP contribution in [0.4, 0.5) is 5.69 Å². The van der Waals surface area contributed by atoms with Crippen LogP contribution in [0.15, 0.2) is 78.9 Å². The first-order valence-electron chi connectivity index (χ1n) is 8.05. The Bertz CT molecular complexity index is 938. The number of nitro benzene ring substituents is 1. The van der Waals surface area contributed by atoms with Crippen LogP contribution in [0.5, 0.6) is 5.75 Å². The van der Waals surface area contributed by atoms with Crippen molar-refractivity contribution >= 4 is 23.4 Å². The van der Waals surface area contributed by atoms with E-state index in [1.165, 1.54) is 12.1 Å². The summed E-state index contributed by atoms with van der Waals surface area (Å²) >= 11 is 0. The fraction of sp³-hybridized carbons (Fsp3) is 0.100. The molecule has 0 saturated heterocycles. The summed E-state index contributed by atoms with van der Waals surface area (Å²) in [5.74, 6) is 0.698. The van der Waals surface area contributed by atoms with Crippen LogP contribution in [0.25, 0.3) is 0 Å². The topological polar surface area (TPSA) is 69.4 Å². The molecule has 0 bridgehead atoms. The zero-order valence-electron chi connectivity index (χ0n) is 14.2. The molecule has 1 unspecified atom stereocenters. The van der Waals surface area contributed by atoms with Gasteiger partial charge in [-0.25, -0.2) is 0 Å². The molecule has 3 aromatic rings. The highest BCUT2D eigenvalue weighted by Gasteiger charge is 2.27. The van der Waals surface area contributed by atoms with E-state index >= 15 is 0 Å². The van der Waals surface area contributed by atoms with E-state index in [2.05, 4.69) is 0 Å². The monoisotopic (exact) mass is 367 g/mol. The van der Waals surface area contributed by atoms with Gasteiger partial charge in [0.1, 0.15) is 12.9 Å². The molecule has 1 atom stereocenters. The normalized spacial score (nSPS) is 13.0. The molecule has 0 aromatic heterocycles. The van der Waals surface area contributed by atoms with Gasteiger partial charge in [-0.2, -0.15) is 0 Å². The lowest BCUT2D eigenvalue weighted by Crippen LogP contribution is -2.17. The third-order valence-electron chi connectivity index (χ3n) is 4.22. The number of benzene rings is 3. The Labute approximate surface area is 151 Å². The number of non-ortho nitro benzene ring substituents is 1. The SMILES string of the molecule is COc1ccc(P(=O)(Cc2ccc([N+](=O)[O-])cc2)c2ccccc2)cc1. The van der Waals surface area contributed by atoms with E-state index < -0.39 is 12.1 Å². The molecule has 0 aliphatic rings. The van der Waals surface area contributed by atoms with Gasteiger partial charge in [-0.15, -0.1) is 0 Å². The number of hydrogen-bond acceptors (Lipinski definition) is 4. The minimum atomic E-state index is -2.94. The third-order valence-corrected chi connectivity index (χ3v) is 7.29. The molecule has 0 radical (unpaired) electrons. The van der Waals surface area contributed by atoms with Crippen molar-refractivity contribution in [3.8, 4) is 5.75 Å². The highest BCUT2D eigenvalue weighted by atomic mass is 31.2. The predicted octanol–water partition coefficient (Wildman–Crippen LogP) is 4.12. The van der Waals surface area contributed by atoms with E-state index in [0.717, 1.165) is 16.2 Å². The van der Waals surface area contributed by atoms with Crippen LogP contribution < -0.4 is 15.3 Å². The minimum Gasteiger partial charge on any atom is -0.497 e. The average Bonchev–Trinajstić information content (AvgIpc) is 2.69. The lowest BCUT2D eigenvalue weighted by Gasteiger charge is -2.20. The fourth-order valence-corrected chi connectivity index (χ4v) is 5.48. The Hall–Kier alpha value is -2.91. The first-order valence-corrected chi connectivity index (χ1v) is 9.95. The maximum Gasteiger partial charge on any atom is 0.269 e. The maximum absolute atomic E-state index is 14.0. The van der Waals surface area contributed by atoms with Gasteiger partial charge in [-0.1, -0.05) is 42.5 Å². The van der Waals surface area contributed by atoms with Gasteiger partial charge in [0.2, 0.25) is 0 Å². The number of nitrogens with zero attached hydrogens (tertiary/aromatic N) is 1. The number of nitro groups is 1. The largest absolute Gasteiger partial charge is 0.497 e. The van der Waals surface area contributed by atoms with Crippen molar-refractivity contribution in [1.29, 1.82) is 0 Å². The standard InChI is InChI=1S/C20H18NO4P/c1-25-18-11-13-20(14-12-18)26(24,19-5-3-2-4-6-19)15-16-7-9-17(10-8-16)21(22)23/h2-14H,15H2,1H3. The molecule has 0 spiro atoms. The van der Waals surface area contributed by atoms with Gasteiger partial charge < -0.3 is 9.30 Å². The minimum absolute atomic E-state index is 0.0211. The second-order valence-electron chi connectivity index (χ2n) is 5.85. The van der Waals surface area contributed by atoms with E-state index in [-0.39, 0.29) is 5.69 Å². The molecule has 0 saturated carbocycles. The van der Waals surface area contributed by atoms with Crippen LogP contribution >= 0.6 is 7.14 Å². The van der Waals surface area contributed by atoms with Crippen LogP contribution in [0.1, 0.15) is 5.56 Å². The van der Waals surface area contributed by atoms with Crippen LogP contribution in [-0.4, -0.2) is 12.0 Å². The molecule has 26 heavy (non-hydrogen) atoms. The molecule has 0 amide bonds. The van der Waals surface area contributed by atoms with Crippen LogP contribution in [0.3, 0.4) is 0 Å². The quantitative estimate of drug-likeness (QED) is 0.373. The molecular formula is C20H18NO4P. The second kappa shape index (κ2) is 7.54. The van der Waals surface area contributed by atoms with E-state index in [1.54, 1.807) is 31.4 Å². The highest BCUT2D eigenvalue weighted by Crippen LogP contribution is 2.47. The number of methoxy groups -OCH3 is 1. The lowest BCUT2D eigenvalue weighted by atomic mass is 10.2. The van der Waals surface area contributed by atoms with Crippen molar-refractivity contribution in [3.05, 3.63) is 94.5 Å². The van der Waals surface area contributed by atoms with Gasteiger partial charge in [-0.05, 0) is 29.8 Å². The van der Waals surface area contributed by atoms with Gasteiger partial charge >= 0.3 is 0 Å². The Balaban J connectivity index is 2.03. The van der Waals surface area contributed by atoms with Gasteiger partial charge in [0, 0.05) is 28.9 Å². The zero-order chi connectivity index (χ0) is 18.6. The van der Waals surface area contributed by atoms with Crippen molar-refractivity contribution in [2.45, 2.75) is 6.16 Å². The van der Waals surface area contributed by atoms with E-state index in [9.17, 15) is 14.7 Å². The van der Waals surface area contributed by atoms with Crippen molar-refractivity contribution in [2.24, 2.45) is 0 Å². The summed E-state index contributed by atoms with van der Waals surface area (Å²) in [6, 6.07) is 22.8. The third kappa shape index (κ3) is 3.68.